The Morgan fingerprint density at radius 1 is 1.14 bits per heavy atom. The van der Waals surface area contributed by atoms with Gasteiger partial charge in [0.15, 0.2) is 5.96 Å². The number of benzene rings is 1. The zero-order chi connectivity index (χ0) is 20.1. The van der Waals surface area contributed by atoms with E-state index in [9.17, 15) is 4.79 Å². The molecule has 1 heterocycles. The monoisotopic (exact) mass is 396 g/mol. The molecule has 2 N–H and O–H groups in total. The fourth-order valence-electron chi connectivity index (χ4n) is 4.97. The molecular formula is C24H36N4O. The maximum atomic E-state index is 12.8. The molecule has 3 aliphatic rings. The smallest absolute Gasteiger partial charge is 0.225 e. The van der Waals surface area contributed by atoms with E-state index in [-0.39, 0.29) is 5.92 Å². The summed E-state index contributed by atoms with van der Waals surface area (Å²) in [4.78, 5) is 19.8. The molecule has 3 unspecified atom stereocenters. The number of nitrogens with zero attached hydrogens (tertiary/aromatic N) is 2. The van der Waals surface area contributed by atoms with Gasteiger partial charge >= 0.3 is 0 Å². The van der Waals surface area contributed by atoms with E-state index >= 15 is 0 Å². The van der Waals surface area contributed by atoms with Gasteiger partial charge in [0.2, 0.25) is 5.91 Å². The van der Waals surface area contributed by atoms with Crippen LogP contribution in [0.1, 0.15) is 63.4 Å². The Bertz CT molecular complexity index is 698. The van der Waals surface area contributed by atoms with Gasteiger partial charge in [0.25, 0.3) is 0 Å². The summed E-state index contributed by atoms with van der Waals surface area (Å²) in [6.45, 7) is 5.53. The Kier molecular flexibility index (Phi) is 6.73. The molecule has 3 fully saturated rings. The topological polar surface area (TPSA) is 56.7 Å². The minimum Gasteiger partial charge on any atom is -0.357 e. The molecule has 1 amide bonds. The fourth-order valence-corrected chi connectivity index (χ4v) is 4.97. The van der Waals surface area contributed by atoms with Gasteiger partial charge in [0.05, 0.1) is 0 Å². The third-order valence-corrected chi connectivity index (χ3v) is 6.77. The number of carbonyl (C=O) groups is 1. The second-order valence-corrected chi connectivity index (χ2v) is 8.98. The van der Waals surface area contributed by atoms with E-state index in [2.05, 4.69) is 52.8 Å². The third kappa shape index (κ3) is 5.31. The molecule has 2 aliphatic carbocycles. The normalized spacial score (nSPS) is 27.7. The predicted octanol–water partition coefficient (Wildman–Crippen LogP) is 3.53. The van der Waals surface area contributed by atoms with Gasteiger partial charge < -0.3 is 15.5 Å². The highest BCUT2D eigenvalue weighted by atomic mass is 16.2. The molecule has 5 nitrogen and oxygen atoms in total. The van der Waals surface area contributed by atoms with E-state index in [0.29, 0.717) is 23.8 Å². The van der Waals surface area contributed by atoms with Crippen LogP contribution in [0.2, 0.25) is 0 Å². The quantitative estimate of drug-likeness (QED) is 0.571. The summed E-state index contributed by atoms with van der Waals surface area (Å²) in [7, 11) is 0. The van der Waals surface area contributed by atoms with E-state index in [1.807, 2.05) is 0 Å². The Labute approximate surface area is 175 Å². The molecular weight excluding hydrogens is 360 g/mol. The van der Waals surface area contributed by atoms with Crippen LogP contribution >= 0.6 is 0 Å². The first kappa shape index (κ1) is 20.2. The van der Waals surface area contributed by atoms with Crippen LogP contribution in [0.15, 0.2) is 35.3 Å². The highest BCUT2D eigenvalue weighted by Crippen LogP contribution is 2.47. The first-order chi connectivity index (χ1) is 14.2. The summed E-state index contributed by atoms with van der Waals surface area (Å²) in [5.74, 6) is 2.88. The lowest BCUT2D eigenvalue weighted by Gasteiger charge is -2.26. The van der Waals surface area contributed by atoms with Gasteiger partial charge in [-0.3, -0.25) is 9.79 Å². The summed E-state index contributed by atoms with van der Waals surface area (Å²) >= 11 is 0. The van der Waals surface area contributed by atoms with Gasteiger partial charge in [-0.25, -0.2) is 0 Å². The summed E-state index contributed by atoms with van der Waals surface area (Å²) < 4.78 is 0. The molecule has 5 heteroatoms. The van der Waals surface area contributed by atoms with Crippen molar-refractivity contribution in [2.45, 2.75) is 63.8 Å². The van der Waals surface area contributed by atoms with Gasteiger partial charge in [0.1, 0.15) is 0 Å². The van der Waals surface area contributed by atoms with Crippen molar-refractivity contribution in [1.29, 1.82) is 0 Å². The average molecular weight is 397 g/mol. The van der Waals surface area contributed by atoms with Gasteiger partial charge in [-0.2, -0.15) is 0 Å². The second-order valence-electron chi connectivity index (χ2n) is 8.98. The van der Waals surface area contributed by atoms with Crippen molar-refractivity contribution in [3.8, 4) is 0 Å². The highest BCUT2D eigenvalue weighted by Gasteiger charge is 2.38. The molecule has 0 bridgehead atoms. The molecule has 3 atom stereocenters. The van der Waals surface area contributed by atoms with E-state index in [4.69, 9.17) is 4.99 Å². The number of hydrogen-bond acceptors (Lipinski definition) is 2. The number of hydrogen-bond donors (Lipinski definition) is 2. The summed E-state index contributed by atoms with van der Waals surface area (Å²) in [5.41, 5.74) is 1.44. The van der Waals surface area contributed by atoms with Crippen molar-refractivity contribution in [1.82, 2.24) is 15.5 Å². The van der Waals surface area contributed by atoms with Crippen molar-refractivity contribution in [2.24, 2.45) is 16.8 Å². The SMILES string of the molecule is CCNC(=NCC1CC1c1ccccc1)NC1CCN(C(=O)C2CCCCC2)C1. The van der Waals surface area contributed by atoms with Crippen LogP contribution < -0.4 is 10.6 Å². The van der Waals surface area contributed by atoms with Crippen molar-refractivity contribution < 1.29 is 4.79 Å². The maximum Gasteiger partial charge on any atom is 0.225 e. The Morgan fingerprint density at radius 2 is 1.93 bits per heavy atom. The lowest BCUT2D eigenvalue weighted by Crippen LogP contribution is -2.45. The molecule has 29 heavy (non-hydrogen) atoms. The standard InChI is InChI=1S/C24H36N4O/c1-2-25-24(26-16-20-15-22(20)18-9-5-3-6-10-18)27-21-13-14-28(17-21)23(29)19-11-7-4-8-12-19/h3,5-6,9-10,19-22H,2,4,7-8,11-17H2,1H3,(H2,25,26,27). The molecule has 1 aromatic rings. The Balaban J connectivity index is 1.26. The zero-order valence-corrected chi connectivity index (χ0v) is 17.8. The van der Waals surface area contributed by atoms with Crippen LogP contribution in [0.25, 0.3) is 0 Å². The largest absolute Gasteiger partial charge is 0.357 e. The number of likely N-dealkylation sites (tertiary alicyclic amines) is 1. The van der Waals surface area contributed by atoms with Crippen LogP contribution in [-0.4, -0.2) is 49.0 Å². The molecule has 1 aliphatic heterocycles. The molecule has 4 rings (SSSR count). The number of aliphatic imine (C=N–C) groups is 1. The molecule has 2 saturated carbocycles. The summed E-state index contributed by atoms with van der Waals surface area (Å²) in [6.07, 6.45) is 8.15. The van der Waals surface area contributed by atoms with Crippen LogP contribution in [0, 0.1) is 11.8 Å². The molecule has 0 spiro atoms. The van der Waals surface area contributed by atoms with Crippen LogP contribution in [-0.2, 0) is 4.79 Å². The molecule has 158 valence electrons. The van der Waals surface area contributed by atoms with Gasteiger partial charge in [-0.1, -0.05) is 49.6 Å². The van der Waals surface area contributed by atoms with Crippen LogP contribution in [0.3, 0.4) is 0 Å². The first-order valence-electron chi connectivity index (χ1n) is 11.6. The van der Waals surface area contributed by atoms with Gasteiger partial charge in [0, 0.05) is 38.1 Å². The lowest BCUT2D eigenvalue weighted by atomic mass is 9.88. The molecule has 1 saturated heterocycles. The fraction of sp³-hybridized carbons (Fsp3) is 0.667. The first-order valence-corrected chi connectivity index (χ1v) is 11.6. The number of rotatable bonds is 6. The van der Waals surface area contributed by atoms with E-state index in [0.717, 1.165) is 51.4 Å². The van der Waals surface area contributed by atoms with Crippen molar-refractivity contribution in [3.63, 3.8) is 0 Å². The minimum atomic E-state index is 0.272. The number of carbonyl (C=O) groups excluding carboxylic acids is 1. The van der Waals surface area contributed by atoms with Gasteiger partial charge in [-0.05, 0) is 50.0 Å². The van der Waals surface area contributed by atoms with Crippen molar-refractivity contribution in [3.05, 3.63) is 35.9 Å². The average Bonchev–Trinajstić information content (AvgIpc) is 3.41. The third-order valence-electron chi connectivity index (χ3n) is 6.77. The number of nitrogens with one attached hydrogen (secondary N) is 2. The van der Waals surface area contributed by atoms with Crippen LogP contribution in [0.4, 0.5) is 0 Å². The number of amides is 1. The highest BCUT2D eigenvalue weighted by molar-refractivity contribution is 5.81. The van der Waals surface area contributed by atoms with Crippen molar-refractivity contribution in [2.75, 3.05) is 26.2 Å². The summed E-state index contributed by atoms with van der Waals surface area (Å²) in [6, 6.07) is 11.1. The van der Waals surface area contributed by atoms with Crippen molar-refractivity contribution >= 4 is 11.9 Å². The zero-order valence-electron chi connectivity index (χ0n) is 17.8. The molecule has 1 aromatic carbocycles. The van der Waals surface area contributed by atoms with Crippen LogP contribution in [0.5, 0.6) is 0 Å². The van der Waals surface area contributed by atoms with E-state index < -0.39 is 0 Å². The molecule has 0 radical (unpaired) electrons. The van der Waals surface area contributed by atoms with Gasteiger partial charge in [-0.15, -0.1) is 0 Å². The maximum absolute atomic E-state index is 12.8. The minimum absolute atomic E-state index is 0.272. The number of guanidine groups is 1. The predicted molar refractivity (Wildman–Crippen MR) is 118 cm³/mol. The van der Waals surface area contributed by atoms with E-state index in [1.165, 1.54) is 31.2 Å². The molecule has 0 aromatic heterocycles. The Morgan fingerprint density at radius 3 is 2.69 bits per heavy atom. The lowest BCUT2D eigenvalue weighted by molar-refractivity contribution is -0.135. The second kappa shape index (κ2) is 9.64. The summed E-state index contributed by atoms with van der Waals surface area (Å²) in [5, 5.41) is 6.98. The Hall–Kier alpha value is -2.04. The van der Waals surface area contributed by atoms with E-state index in [1.54, 1.807) is 0 Å².